The lowest BCUT2D eigenvalue weighted by Crippen LogP contribution is -1.90. The van der Waals surface area contributed by atoms with Crippen LogP contribution in [0.1, 0.15) is 5.69 Å². The van der Waals surface area contributed by atoms with E-state index in [0.29, 0.717) is 27.6 Å². The van der Waals surface area contributed by atoms with Crippen molar-refractivity contribution in [1.29, 1.82) is 0 Å². The number of hydrogen-bond acceptors (Lipinski definition) is 4. The Balaban J connectivity index is 2.48. The molecule has 18 heavy (non-hydrogen) atoms. The largest absolute Gasteiger partial charge is 0.497 e. The number of rotatable bonds is 4. The highest BCUT2D eigenvalue weighted by Gasteiger charge is 2.11. The molecule has 0 unspecified atom stereocenters. The van der Waals surface area contributed by atoms with Gasteiger partial charge < -0.3 is 19.6 Å². The van der Waals surface area contributed by atoms with Crippen LogP contribution >= 0.6 is 15.9 Å². The minimum atomic E-state index is -0.102. The topological polar surface area (TPSA) is 67.4 Å². The van der Waals surface area contributed by atoms with Crippen molar-refractivity contribution in [3.8, 4) is 22.9 Å². The number of hydrogen-bond donors (Lipinski definition) is 2. The molecule has 5 nitrogen and oxygen atoms in total. The van der Waals surface area contributed by atoms with E-state index in [1.165, 1.54) is 0 Å². The quantitative estimate of drug-likeness (QED) is 0.909. The zero-order chi connectivity index (χ0) is 13.1. The third kappa shape index (κ3) is 2.49. The number of nitrogens with one attached hydrogen (secondary N) is 1. The molecule has 1 heterocycles. The average molecular weight is 313 g/mol. The smallest absolute Gasteiger partial charge is 0.139 e. The van der Waals surface area contributed by atoms with Crippen molar-refractivity contribution in [2.24, 2.45) is 0 Å². The van der Waals surface area contributed by atoms with Gasteiger partial charge in [-0.1, -0.05) is 0 Å². The Labute approximate surface area is 113 Å². The fourth-order valence-corrected chi connectivity index (χ4v) is 1.98. The summed E-state index contributed by atoms with van der Waals surface area (Å²) >= 11 is 3.28. The van der Waals surface area contributed by atoms with Gasteiger partial charge in [0.15, 0.2) is 0 Å². The molecule has 0 bridgehead atoms. The van der Waals surface area contributed by atoms with Crippen LogP contribution in [0, 0.1) is 0 Å². The maximum absolute atomic E-state index is 9.13. The Hall–Kier alpha value is -1.53. The normalized spacial score (nSPS) is 10.4. The summed E-state index contributed by atoms with van der Waals surface area (Å²) in [5, 5.41) is 9.13. The molecule has 2 aromatic rings. The molecule has 0 aliphatic heterocycles. The summed E-state index contributed by atoms with van der Waals surface area (Å²) in [6.07, 6.45) is 0. The molecule has 0 radical (unpaired) electrons. The van der Waals surface area contributed by atoms with Crippen LogP contribution in [0.15, 0.2) is 22.8 Å². The monoisotopic (exact) mass is 312 g/mol. The molecule has 0 fully saturated rings. The lowest BCUT2D eigenvalue weighted by atomic mass is 10.2. The number of aliphatic hydroxyl groups excluding tert-OH is 1. The summed E-state index contributed by atoms with van der Waals surface area (Å²) in [6, 6.07) is 5.47. The summed E-state index contributed by atoms with van der Waals surface area (Å²) in [4.78, 5) is 7.32. The highest BCUT2D eigenvalue weighted by molar-refractivity contribution is 9.10. The predicted octanol–water partition coefficient (Wildman–Crippen LogP) is 2.35. The molecule has 0 atom stereocenters. The van der Waals surface area contributed by atoms with Crippen LogP contribution in [0.5, 0.6) is 11.5 Å². The Bertz CT molecular complexity index is 532. The molecule has 1 aromatic carbocycles. The molecule has 1 aromatic heterocycles. The van der Waals surface area contributed by atoms with Crippen LogP contribution in [0.3, 0.4) is 0 Å². The average Bonchev–Trinajstić information content (AvgIpc) is 2.79. The first kappa shape index (κ1) is 12.9. The van der Waals surface area contributed by atoms with Gasteiger partial charge in [0.05, 0.1) is 26.5 Å². The first-order valence-corrected chi connectivity index (χ1v) is 6.06. The number of aliphatic hydroxyl groups is 1. The summed E-state index contributed by atoms with van der Waals surface area (Å²) < 4.78 is 11.0. The van der Waals surface area contributed by atoms with Crippen molar-refractivity contribution >= 4 is 15.9 Å². The third-order valence-electron chi connectivity index (χ3n) is 2.51. The van der Waals surface area contributed by atoms with Crippen LogP contribution in [-0.2, 0) is 6.61 Å². The molecule has 0 spiro atoms. The van der Waals surface area contributed by atoms with Gasteiger partial charge in [0.1, 0.15) is 21.9 Å². The van der Waals surface area contributed by atoms with E-state index in [4.69, 9.17) is 14.6 Å². The van der Waals surface area contributed by atoms with Gasteiger partial charge >= 0.3 is 0 Å². The minimum absolute atomic E-state index is 0.102. The lowest BCUT2D eigenvalue weighted by molar-refractivity contribution is 0.276. The van der Waals surface area contributed by atoms with Crippen molar-refractivity contribution in [2.45, 2.75) is 6.61 Å². The molecule has 0 amide bonds. The highest BCUT2D eigenvalue weighted by Crippen LogP contribution is 2.29. The van der Waals surface area contributed by atoms with Crippen molar-refractivity contribution in [1.82, 2.24) is 9.97 Å². The molecule has 96 valence electrons. The lowest BCUT2D eigenvalue weighted by Gasteiger charge is -2.06. The number of imidazole rings is 1. The fourth-order valence-electron chi connectivity index (χ4n) is 1.57. The van der Waals surface area contributed by atoms with E-state index in [2.05, 4.69) is 25.9 Å². The van der Waals surface area contributed by atoms with Crippen LogP contribution in [0.2, 0.25) is 0 Å². The number of nitrogens with zero attached hydrogens (tertiary/aromatic N) is 1. The first-order valence-electron chi connectivity index (χ1n) is 5.26. The first-order chi connectivity index (χ1) is 8.67. The fraction of sp³-hybridized carbons (Fsp3) is 0.250. The molecular weight excluding hydrogens is 300 g/mol. The molecule has 0 aliphatic carbocycles. The molecule has 0 saturated carbocycles. The van der Waals surface area contributed by atoms with Gasteiger partial charge in [-0.3, -0.25) is 0 Å². The number of methoxy groups -OCH3 is 2. The minimum Gasteiger partial charge on any atom is -0.497 e. The Morgan fingerprint density at radius 1 is 1.22 bits per heavy atom. The Morgan fingerprint density at radius 2 is 1.83 bits per heavy atom. The molecule has 2 rings (SSSR count). The SMILES string of the molecule is COc1cc(OC)cc(-c2nc(Br)c(CO)[nH]2)c1. The molecular formula is C12H13BrN2O3. The molecule has 6 heteroatoms. The molecule has 0 aliphatic rings. The number of H-pyrrole nitrogens is 1. The number of halogens is 1. The van der Waals surface area contributed by atoms with E-state index in [1.807, 2.05) is 12.1 Å². The zero-order valence-electron chi connectivity index (χ0n) is 10.0. The van der Waals surface area contributed by atoms with Gasteiger partial charge in [0, 0.05) is 11.6 Å². The number of ether oxygens (including phenoxy) is 2. The van der Waals surface area contributed by atoms with Crippen LogP contribution in [0.4, 0.5) is 0 Å². The Morgan fingerprint density at radius 3 is 2.28 bits per heavy atom. The number of aromatic nitrogens is 2. The second-order valence-electron chi connectivity index (χ2n) is 3.61. The van der Waals surface area contributed by atoms with Crippen molar-refractivity contribution in [2.75, 3.05) is 14.2 Å². The maximum Gasteiger partial charge on any atom is 0.139 e. The summed E-state index contributed by atoms with van der Waals surface area (Å²) in [7, 11) is 3.19. The van der Waals surface area contributed by atoms with E-state index in [1.54, 1.807) is 20.3 Å². The van der Waals surface area contributed by atoms with Gasteiger partial charge in [0.2, 0.25) is 0 Å². The summed E-state index contributed by atoms with van der Waals surface area (Å²) in [6.45, 7) is -0.102. The van der Waals surface area contributed by atoms with Crippen LogP contribution in [-0.4, -0.2) is 29.3 Å². The number of aromatic amines is 1. The van der Waals surface area contributed by atoms with E-state index >= 15 is 0 Å². The van der Waals surface area contributed by atoms with Gasteiger partial charge in [0.25, 0.3) is 0 Å². The standard InChI is InChI=1S/C12H13BrN2O3/c1-17-8-3-7(4-9(5-8)18-2)12-14-10(6-16)11(13)15-12/h3-5,16H,6H2,1-2H3,(H,14,15). The molecule has 0 saturated heterocycles. The maximum atomic E-state index is 9.13. The van der Waals surface area contributed by atoms with E-state index < -0.39 is 0 Å². The number of benzene rings is 1. The zero-order valence-corrected chi connectivity index (χ0v) is 11.6. The van der Waals surface area contributed by atoms with Crippen molar-refractivity contribution < 1.29 is 14.6 Å². The predicted molar refractivity (Wildman–Crippen MR) is 70.8 cm³/mol. The van der Waals surface area contributed by atoms with Gasteiger partial charge in [-0.2, -0.15) is 0 Å². The second-order valence-corrected chi connectivity index (χ2v) is 4.37. The van der Waals surface area contributed by atoms with Crippen molar-refractivity contribution in [3.63, 3.8) is 0 Å². The molecule has 2 N–H and O–H groups in total. The van der Waals surface area contributed by atoms with E-state index in [0.717, 1.165) is 5.56 Å². The third-order valence-corrected chi connectivity index (χ3v) is 3.17. The van der Waals surface area contributed by atoms with E-state index in [-0.39, 0.29) is 6.61 Å². The van der Waals surface area contributed by atoms with Crippen LogP contribution < -0.4 is 9.47 Å². The van der Waals surface area contributed by atoms with Gasteiger partial charge in [-0.15, -0.1) is 0 Å². The summed E-state index contributed by atoms with van der Waals surface area (Å²) in [5.74, 6) is 2.01. The van der Waals surface area contributed by atoms with Gasteiger partial charge in [-0.05, 0) is 28.1 Å². The highest BCUT2D eigenvalue weighted by atomic mass is 79.9. The second kappa shape index (κ2) is 5.41. The van der Waals surface area contributed by atoms with E-state index in [9.17, 15) is 0 Å². The van der Waals surface area contributed by atoms with Gasteiger partial charge in [-0.25, -0.2) is 4.98 Å². The van der Waals surface area contributed by atoms with Crippen molar-refractivity contribution in [3.05, 3.63) is 28.5 Å². The Kier molecular flexibility index (Phi) is 3.88. The van der Waals surface area contributed by atoms with Crippen LogP contribution in [0.25, 0.3) is 11.4 Å². The summed E-state index contributed by atoms with van der Waals surface area (Å²) in [5.41, 5.74) is 1.46.